The molecular formula is C18H29N3. The largest absolute Gasteiger partial charge is 0.356 e. The number of rotatable bonds is 3. The minimum Gasteiger partial charge on any atom is -0.356 e. The van der Waals surface area contributed by atoms with Crippen LogP contribution in [-0.4, -0.2) is 36.1 Å². The minimum absolute atomic E-state index is 0.588. The summed E-state index contributed by atoms with van der Waals surface area (Å²) in [5.74, 6) is 1.22. The molecule has 3 nitrogen and oxygen atoms in total. The molecule has 0 N–H and O–H groups in total. The van der Waals surface area contributed by atoms with Gasteiger partial charge < -0.3 is 4.90 Å². The summed E-state index contributed by atoms with van der Waals surface area (Å²) in [5, 5.41) is 0. The van der Waals surface area contributed by atoms with E-state index >= 15 is 0 Å². The van der Waals surface area contributed by atoms with Crippen molar-refractivity contribution in [2.45, 2.75) is 58.4 Å². The second-order valence-electron chi connectivity index (χ2n) is 6.60. The first-order chi connectivity index (χ1) is 10.3. The van der Waals surface area contributed by atoms with Crippen molar-refractivity contribution in [1.82, 2.24) is 9.88 Å². The van der Waals surface area contributed by atoms with Crippen LogP contribution in [0.25, 0.3) is 0 Å². The fraction of sp³-hybridized carbons (Fsp3) is 0.722. The van der Waals surface area contributed by atoms with Crippen LogP contribution < -0.4 is 4.90 Å². The van der Waals surface area contributed by atoms with Crippen molar-refractivity contribution in [3.63, 3.8) is 0 Å². The van der Waals surface area contributed by atoms with Crippen LogP contribution in [0.5, 0.6) is 0 Å². The average Bonchev–Trinajstić information content (AvgIpc) is 2.55. The maximum absolute atomic E-state index is 4.85. The van der Waals surface area contributed by atoms with Gasteiger partial charge in [-0.15, -0.1) is 0 Å². The summed E-state index contributed by atoms with van der Waals surface area (Å²) in [7, 11) is 0. The predicted molar refractivity (Wildman–Crippen MR) is 88.9 cm³/mol. The summed E-state index contributed by atoms with van der Waals surface area (Å²) < 4.78 is 0. The molecule has 3 heterocycles. The van der Waals surface area contributed by atoms with Crippen molar-refractivity contribution < 1.29 is 0 Å². The van der Waals surface area contributed by atoms with E-state index in [4.69, 9.17) is 4.98 Å². The Bertz CT molecular complexity index is 466. The number of nitrogens with zero attached hydrogens (tertiary/aromatic N) is 3. The molecule has 0 amide bonds. The first kappa shape index (κ1) is 14.8. The zero-order valence-electron chi connectivity index (χ0n) is 13.6. The molecule has 0 saturated carbocycles. The first-order valence-corrected chi connectivity index (χ1v) is 8.75. The SMILES string of the molecule is CCN1CCCCC1c1cnc(N2CCCCC2)c(C)c1. The molecule has 0 aliphatic carbocycles. The Hall–Kier alpha value is -1.09. The van der Waals surface area contributed by atoms with Crippen LogP contribution in [0.3, 0.4) is 0 Å². The lowest BCUT2D eigenvalue weighted by Gasteiger charge is -2.35. The van der Waals surface area contributed by atoms with E-state index in [1.807, 2.05) is 0 Å². The summed E-state index contributed by atoms with van der Waals surface area (Å²) in [6.07, 6.45) is 10.1. The molecule has 3 heteroatoms. The fourth-order valence-electron chi connectivity index (χ4n) is 3.96. The predicted octanol–water partition coefficient (Wildman–Crippen LogP) is 3.93. The van der Waals surface area contributed by atoms with Gasteiger partial charge in [0.2, 0.25) is 0 Å². The number of hydrogen-bond donors (Lipinski definition) is 0. The molecule has 3 rings (SSSR count). The number of anilines is 1. The Morgan fingerprint density at radius 2 is 1.86 bits per heavy atom. The van der Waals surface area contributed by atoms with E-state index in [0.717, 1.165) is 6.54 Å². The van der Waals surface area contributed by atoms with Crippen molar-refractivity contribution in [3.8, 4) is 0 Å². The third-order valence-electron chi connectivity index (χ3n) is 5.13. The van der Waals surface area contributed by atoms with Crippen molar-refractivity contribution in [2.75, 3.05) is 31.1 Å². The summed E-state index contributed by atoms with van der Waals surface area (Å²) in [5.41, 5.74) is 2.78. The zero-order chi connectivity index (χ0) is 14.7. The summed E-state index contributed by atoms with van der Waals surface area (Å²) in [6.45, 7) is 9.27. The number of likely N-dealkylation sites (tertiary alicyclic amines) is 1. The number of pyridine rings is 1. The second-order valence-corrected chi connectivity index (χ2v) is 6.60. The molecule has 2 fully saturated rings. The lowest BCUT2D eigenvalue weighted by molar-refractivity contribution is 0.157. The van der Waals surface area contributed by atoms with E-state index in [0.29, 0.717) is 6.04 Å². The van der Waals surface area contributed by atoms with Crippen molar-refractivity contribution in [3.05, 3.63) is 23.4 Å². The van der Waals surface area contributed by atoms with Gasteiger partial charge in [-0.2, -0.15) is 0 Å². The third-order valence-corrected chi connectivity index (χ3v) is 5.13. The molecule has 1 unspecified atom stereocenters. The molecule has 1 aromatic heterocycles. The molecule has 0 bridgehead atoms. The maximum Gasteiger partial charge on any atom is 0.131 e. The molecule has 21 heavy (non-hydrogen) atoms. The van der Waals surface area contributed by atoms with Crippen LogP contribution in [0, 0.1) is 6.92 Å². The van der Waals surface area contributed by atoms with Gasteiger partial charge in [0.05, 0.1) is 0 Å². The summed E-state index contributed by atoms with van der Waals surface area (Å²) in [6, 6.07) is 2.99. The van der Waals surface area contributed by atoms with Gasteiger partial charge in [0, 0.05) is 25.3 Å². The standard InChI is InChI=1S/C18H29N3/c1-3-20-10-8-5-9-17(20)16-13-15(2)18(19-14-16)21-11-6-4-7-12-21/h13-14,17H,3-12H2,1-2H3. The quantitative estimate of drug-likeness (QED) is 0.840. The van der Waals surface area contributed by atoms with Crippen LogP contribution in [0.2, 0.25) is 0 Å². The molecule has 1 aromatic rings. The van der Waals surface area contributed by atoms with Gasteiger partial charge >= 0.3 is 0 Å². The van der Waals surface area contributed by atoms with Crippen LogP contribution in [0.4, 0.5) is 5.82 Å². The molecule has 0 aromatic carbocycles. The Morgan fingerprint density at radius 3 is 2.57 bits per heavy atom. The van der Waals surface area contributed by atoms with Gasteiger partial charge in [0.1, 0.15) is 5.82 Å². The molecule has 116 valence electrons. The van der Waals surface area contributed by atoms with E-state index in [1.54, 1.807) is 0 Å². The lowest BCUT2D eigenvalue weighted by Crippen LogP contribution is -2.34. The Morgan fingerprint density at radius 1 is 1.10 bits per heavy atom. The number of hydrogen-bond acceptors (Lipinski definition) is 3. The van der Waals surface area contributed by atoms with Gasteiger partial charge in [0.25, 0.3) is 0 Å². The van der Waals surface area contributed by atoms with Crippen LogP contribution in [-0.2, 0) is 0 Å². The third kappa shape index (κ3) is 3.23. The van der Waals surface area contributed by atoms with Gasteiger partial charge in [-0.1, -0.05) is 13.3 Å². The Labute approximate surface area is 129 Å². The maximum atomic E-state index is 4.85. The topological polar surface area (TPSA) is 19.4 Å². The number of aromatic nitrogens is 1. The normalized spacial score (nSPS) is 24.3. The first-order valence-electron chi connectivity index (χ1n) is 8.75. The van der Waals surface area contributed by atoms with Gasteiger partial charge in [-0.25, -0.2) is 4.98 Å². The fourth-order valence-corrected chi connectivity index (χ4v) is 3.96. The minimum atomic E-state index is 0.588. The number of piperidine rings is 2. The van der Waals surface area contributed by atoms with Gasteiger partial charge in [-0.3, -0.25) is 4.90 Å². The van der Waals surface area contributed by atoms with Crippen molar-refractivity contribution in [2.24, 2.45) is 0 Å². The van der Waals surface area contributed by atoms with E-state index in [-0.39, 0.29) is 0 Å². The van der Waals surface area contributed by atoms with E-state index in [2.05, 4.69) is 35.9 Å². The van der Waals surface area contributed by atoms with Gasteiger partial charge in [-0.05, 0) is 69.3 Å². The second kappa shape index (κ2) is 6.78. The van der Waals surface area contributed by atoms with Crippen LogP contribution >= 0.6 is 0 Å². The van der Waals surface area contributed by atoms with Crippen molar-refractivity contribution in [1.29, 1.82) is 0 Å². The van der Waals surface area contributed by atoms with E-state index in [9.17, 15) is 0 Å². The molecule has 2 aliphatic rings. The summed E-state index contributed by atoms with van der Waals surface area (Å²) in [4.78, 5) is 9.93. The van der Waals surface area contributed by atoms with Crippen LogP contribution in [0.15, 0.2) is 12.3 Å². The average molecular weight is 287 g/mol. The molecule has 1 atom stereocenters. The Balaban J connectivity index is 1.79. The molecule has 0 spiro atoms. The zero-order valence-corrected chi connectivity index (χ0v) is 13.6. The molecule has 2 aliphatic heterocycles. The van der Waals surface area contributed by atoms with Gasteiger partial charge in [0.15, 0.2) is 0 Å². The molecule has 0 radical (unpaired) electrons. The smallest absolute Gasteiger partial charge is 0.131 e. The lowest BCUT2D eigenvalue weighted by atomic mass is 9.95. The van der Waals surface area contributed by atoms with E-state index in [1.165, 1.54) is 75.1 Å². The highest BCUT2D eigenvalue weighted by atomic mass is 15.2. The number of aryl methyl sites for hydroxylation is 1. The monoisotopic (exact) mass is 287 g/mol. The molecular weight excluding hydrogens is 258 g/mol. The van der Waals surface area contributed by atoms with Crippen molar-refractivity contribution >= 4 is 5.82 Å². The highest BCUT2D eigenvalue weighted by Gasteiger charge is 2.24. The highest BCUT2D eigenvalue weighted by Crippen LogP contribution is 2.32. The highest BCUT2D eigenvalue weighted by molar-refractivity contribution is 5.48. The summed E-state index contributed by atoms with van der Waals surface area (Å²) >= 11 is 0. The van der Waals surface area contributed by atoms with E-state index < -0.39 is 0 Å². The van der Waals surface area contributed by atoms with Crippen LogP contribution in [0.1, 0.15) is 62.6 Å². The molecule has 2 saturated heterocycles. The Kier molecular flexibility index (Phi) is 4.79.